The Bertz CT molecular complexity index is 584. The summed E-state index contributed by atoms with van der Waals surface area (Å²) in [7, 11) is 1.63. The Hall–Kier alpha value is -2.21. The van der Waals surface area contributed by atoms with E-state index in [1.807, 2.05) is 12.4 Å². The largest absolute Gasteiger partial charge is 0.481 e. The van der Waals surface area contributed by atoms with Crippen LogP contribution in [0.25, 0.3) is 0 Å². The number of anilines is 1. The van der Waals surface area contributed by atoms with Gasteiger partial charge in [-0.15, -0.1) is 0 Å². The van der Waals surface area contributed by atoms with Gasteiger partial charge in [-0.2, -0.15) is 4.98 Å². The standard InChI is InChI=1S/C16H21N5O/c1-22-15-4-8-18-16(19-15)21-12-10-20(11-13-21)9-5-14-2-6-17-7-3-14/h2-4,6-8H,5,9-13H2,1H3. The fraction of sp³-hybridized carbons (Fsp3) is 0.438. The van der Waals surface area contributed by atoms with Crippen LogP contribution in [0.3, 0.4) is 0 Å². The van der Waals surface area contributed by atoms with Crippen LogP contribution in [0.2, 0.25) is 0 Å². The number of ether oxygens (including phenoxy) is 1. The normalized spacial score (nSPS) is 15.8. The predicted molar refractivity (Wildman–Crippen MR) is 85.2 cm³/mol. The van der Waals surface area contributed by atoms with Gasteiger partial charge < -0.3 is 9.64 Å². The second-order valence-electron chi connectivity index (χ2n) is 5.33. The smallest absolute Gasteiger partial charge is 0.228 e. The van der Waals surface area contributed by atoms with Crippen molar-refractivity contribution in [2.24, 2.45) is 0 Å². The van der Waals surface area contributed by atoms with E-state index in [0.29, 0.717) is 5.88 Å². The highest BCUT2D eigenvalue weighted by molar-refractivity contribution is 5.32. The lowest BCUT2D eigenvalue weighted by Gasteiger charge is -2.34. The molecule has 1 aliphatic rings. The first-order valence-electron chi connectivity index (χ1n) is 7.58. The van der Waals surface area contributed by atoms with Crippen LogP contribution in [-0.2, 0) is 6.42 Å². The Balaban J connectivity index is 1.49. The monoisotopic (exact) mass is 299 g/mol. The summed E-state index contributed by atoms with van der Waals surface area (Å²) in [4.78, 5) is 17.5. The average molecular weight is 299 g/mol. The minimum atomic E-state index is 0.616. The summed E-state index contributed by atoms with van der Waals surface area (Å²) >= 11 is 0. The third-order valence-electron chi connectivity index (χ3n) is 3.95. The molecule has 1 saturated heterocycles. The second kappa shape index (κ2) is 7.17. The van der Waals surface area contributed by atoms with Crippen molar-refractivity contribution in [3.8, 4) is 5.88 Å². The summed E-state index contributed by atoms with van der Waals surface area (Å²) in [5.74, 6) is 1.37. The fourth-order valence-corrected chi connectivity index (χ4v) is 2.61. The fourth-order valence-electron chi connectivity index (χ4n) is 2.61. The van der Waals surface area contributed by atoms with Crippen LogP contribution in [0.5, 0.6) is 5.88 Å². The van der Waals surface area contributed by atoms with E-state index in [9.17, 15) is 0 Å². The summed E-state index contributed by atoms with van der Waals surface area (Å²) < 4.78 is 5.16. The third kappa shape index (κ3) is 3.71. The first-order chi connectivity index (χ1) is 10.8. The summed E-state index contributed by atoms with van der Waals surface area (Å²) in [5.41, 5.74) is 1.34. The van der Waals surface area contributed by atoms with E-state index in [-0.39, 0.29) is 0 Å². The van der Waals surface area contributed by atoms with Crippen molar-refractivity contribution in [1.82, 2.24) is 19.9 Å². The van der Waals surface area contributed by atoms with E-state index >= 15 is 0 Å². The molecular formula is C16H21N5O. The number of pyridine rings is 1. The van der Waals surface area contributed by atoms with Crippen LogP contribution in [-0.4, -0.2) is 59.7 Å². The van der Waals surface area contributed by atoms with Crippen LogP contribution >= 0.6 is 0 Å². The van der Waals surface area contributed by atoms with E-state index in [4.69, 9.17) is 4.74 Å². The van der Waals surface area contributed by atoms with Crippen LogP contribution < -0.4 is 9.64 Å². The minimum Gasteiger partial charge on any atom is -0.481 e. The van der Waals surface area contributed by atoms with Gasteiger partial charge in [0.15, 0.2) is 0 Å². The Kier molecular flexibility index (Phi) is 4.80. The van der Waals surface area contributed by atoms with Gasteiger partial charge in [0.05, 0.1) is 7.11 Å². The maximum atomic E-state index is 5.16. The van der Waals surface area contributed by atoms with Crippen LogP contribution in [0, 0.1) is 0 Å². The van der Waals surface area contributed by atoms with Gasteiger partial charge in [-0.25, -0.2) is 4.98 Å². The summed E-state index contributed by atoms with van der Waals surface area (Å²) in [5, 5.41) is 0. The van der Waals surface area contributed by atoms with Gasteiger partial charge in [0.2, 0.25) is 11.8 Å². The molecule has 0 radical (unpaired) electrons. The molecule has 0 atom stereocenters. The number of rotatable bonds is 5. The lowest BCUT2D eigenvalue weighted by atomic mass is 10.2. The van der Waals surface area contributed by atoms with Crippen molar-refractivity contribution in [2.45, 2.75) is 6.42 Å². The Morgan fingerprint density at radius 3 is 2.55 bits per heavy atom. The highest BCUT2D eigenvalue weighted by atomic mass is 16.5. The molecule has 0 spiro atoms. The maximum Gasteiger partial charge on any atom is 0.228 e. The third-order valence-corrected chi connectivity index (χ3v) is 3.95. The molecule has 6 nitrogen and oxygen atoms in total. The van der Waals surface area contributed by atoms with Crippen molar-refractivity contribution < 1.29 is 4.74 Å². The molecule has 2 aromatic rings. The first kappa shape index (κ1) is 14.7. The molecule has 22 heavy (non-hydrogen) atoms. The van der Waals surface area contributed by atoms with Gasteiger partial charge in [0.25, 0.3) is 0 Å². The highest BCUT2D eigenvalue weighted by Gasteiger charge is 2.19. The molecular weight excluding hydrogens is 278 g/mol. The molecule has 1 aliphatic heterocycles. The molecule has 0 bridgehead atoms. The average Bonchev–Trinajstić information content (AvgIpc) is 2.61. The molecule has 0 saturated carbocycles. The van der Waals surface area contributed by atoms with Crippen molar-refractivity contribution in [2.75, 3.05) is 44.7 Å². The zero-order chi connectivity index (χ0) is 15.2. The summed E-state index contributed by atoms with van der Waals surface area (Å²) in [6.07, 6.45) is 6.52. The van der Waals surface area contributed by atoms with Gasteiger partial charge in [-0.05, 0) is 24.1 Å². The molecule has 6 heteroatoms. The summed E-state index contributed by atoms with van der Waals surface area (Å²) in [6, 6.07) is 5.94. The lowest BCUT2D eigenvalue weighted by Crippen LogP contribution is -2.47. The van der Waals surface area contributed by atoms with Gasteiger partial charge in [-0.1, -0.05) is 0 Å². The Labute approximate surface area is 130 Å². The molecule has 3 heterocycles. The molecule has 0 unspecified atom stereocenters. The lowest BCUT2D eigenvalue weighted by molar-refractivity contribution is 0.259. The molecule has 116 valence electrons. The molecule has 3 rings (SSSR count). The van der Waals surface area contributed by atoms with Gasteiger partial charge in [0.1, 0.15) is 0 Å². The van der Waals surface area contributed by atoms with E-state index < -0.39 is 0 Å². The number of aromatic nitrogens is 3. The molecule has 0 amide bonds. The van der Waals surface area contributed by atoms with Crippen molar-refractivity contribution >= 4 is 5.95 Å². The van der Waals surface area contributed by atoms with Gasteiger partial charge >= 0.3 is 0 Å². The topological polar surface area (TPSA) is 54.4 Å². The predicted octanol–water partition coefficient (Wildman–Crippen LogP) is 1.24. The first-order valence-corrected chi connectivity index (χ1v) is 7.58. The van der Waals surface area contributed by atoms with Gasteiger partial charge in [-0.3, -0.25) is 9.88 Å². The Morgan fingerprint density at radius 2 is 1.82 bits per heavy atom. The molecule has 2 aromatic heterocycles. The number of methoxy groups -OCH3 is 1. The van der Waals surface area contributed by atoms with Crippen molar-refractivity contribution in [1.29, 1.82) is 0 Å². The maximum absolute atomic E-state index is 5.16. The number of hydrogen-bond donors (Lipinski definition) is 0. The number of piperazine rings is 1. The van der Waals surface area contributed by atoms with Crippen molar-refractivity contribution in [3.63, 3.8) is 0 Å². The SMILES string of the molecule is COc1ccnc(N2CCN(CCc3ccncc3)CC2)n1. The zero-order valence-corrected chi connectivity index (χ0v) is 12.9. The zero-order valence-electron chi connectivity index (χ0n) is 12.9. The molecule has 0 N–H and O–H groups in total. The molecule has 0 aliphatic carbocycles. The number of hydrogen-bond acceptors (Lipinski definition) is 6. The number of nitrogens with zero attached hydrogens (tertiary/aromatic N) is 5. The van der Waals surface area contributed by atoms with E-state index in [1.54, 1.807) is 19.4 Å². The molecule has 1 fully saturated rings. The van der Waals surface area contributed by atoms with Crippen molar-refractivity contribution in [3.05, 3.63) is 42.4 Å². The quantitative estimate of drug-likeness (QED) is 0.828. The highest BCUT2D eigenvalue weighted by Crippen LogP contribution is 2.14. The molecule has 0 aromatic carbocycles. The van der Waals surface area contributed by atoms with Crippen LogP contribution in [0.4, 0.5) is 5.95 Å². The van der Waals surface area contributed by atoms with E-state index in [1.165, 1.54) is 5.56 Å². The summed E-state index contributed by atoms with van der Waals surface area (Å²) in [6.45, 7) is 5.04. The van der Waals surface area contributed by atoms with E-state index in [0.717, 1.165) is 45.1 Å². The minimum absolute atomic E-state index is 0.616. The second-order valence-corrected chi connectivity index (χ2v) is 5.33. The van der Waals surface area contributed by atoms with E-state index in [2.05, 4.69) is 36.9 Å². The van der Waals surface area contributed by atoms with Gasteiger partial charge in [0, 0.05) is 57.4 Å². The van der Waals surface area contributed by atoms with Crippen LogP contribution in [0.15, 0.2) is 36.8 Å². The Morgan fingerprint density at radius 1 is 1.05 bits per heavy atom. The van der Waals surface area contributed by atoms with Crippen LogP contribution in [0.1, 0.15) is 5.56 Å².